The normalized spacial score (nSPS) is 17.0. The van der Waals surface area contributed by atoms with Crippen LogP contribution in [0.15, 0.2) is 35.1 Å². The van der Waals surface area contributed by atoms with Crippen molar-refractivity contribution in [2.75, 3.05) is 13.1 Å². The van der Waals surface area contributed by atoms with Crippen molar-refractivity contribution in [2.45, 2.75) is 39.2 Å². The molecule has 7 nitrogen and oxygen atoms in total. The molecule has 2 aromatic rings. The third kappa shape index (κ3) is 4.24. The van der Waals surface area contributed by atoms with Crippen LogP contribution in [0, 0.1) is 13.8 Å². The molecule has 1 aliphatic rings. The first-order valence-electron chi connectivity index (χ1n) is 9.01. The Bertz CT molecular complexity index is 935. The summed E-state index contributed by atoms with van der Waals surface area (Å²) in [7, 11) is 0. The highest BCUT2D eigenvalue weighted by molar-refractivity contribution is 5.87. The van der Waals surface area contributed by atoms with Gasteiger partial charge in [0.2, 0.25) is 5.91 Å². The molecule has 27 heavy (non-hydrogen) atoms. The molecule has 1 N–H and O–H groups in total. The molecule has 1 aliphatic heterocycles. The Hall–Kier alpha value is -2.96. The zero-order chi connectivity index (χ0) is 19.6. The van der Waals surface area contributed by atoms with E-state index in [0.717, 1.165) is 29.7 Å². The number of nitrogens with zero attached hydrogens (tertiary/aromatic N) is 3. The van der Waals surface area contributed by atoms with Crippen molar-refractivity contribution in [2.24, 2.45) is 0 Å². The Morgan fingerprint density at radius 2 is 2.04 bits per heavy atom. The number of piperidine rings is 1. The highest BCUT2D eigenvalue weighted by Gasteiger charge is 2.25. The van der Waals surface area contributed by atoms with Crippen LogP contribution in [0.3, 0.4) is 0 Å². The lowest BCUT2D eigenvalue weighted by Gasteiger charge is -2.33. The number of aromatic nitrogens is 2. The molecule has 0 spiro atoms. The highest BCUT2D eigenvalue weighted by atomic mass is 16.4. The summed E-state index contributed by atoms with van der Waals surface area (Å²) in [5.41, 5.74) is 2.43. The van der Waals surface area contributed by atoms with Crippen LogP contribution in [0.2, 0.25) is 0 Å². The first-order valence-corrected chi connectivity index (χ1v) is 9.01. The summed E-state index contributed by atoms with van der Waals surface area (Å²) in [6.45, 7) is 4.69. The van der Waals surface area contributed by atoms with E-state index in [1.165, 1.54) is 10.7 Å². The van der Waals surface area contributed by atoms with E-state index in [1.807, 2.05) is 19.9 Å². The van der Waals surface area contributed by atoms with Gasteiger partial charge in [0.25, 0.3) is 5.56 Å². The molecule has 0 bridgehead atoms. The van der Waals surface area contributed by atoms with Crippen molar-refractivity contribution in [3.05, 3.63) is 63.1 Å². The zero-order valence-electron chi connectivity index (χ0n) is 15.5. The second kappa shape index (κ2) is 7.73. The van der Waals surface area contributed by atoms with Crippen LogP contribution < -0.4 is 5.56 Å². The molecule has 1 atom stereocenters. The van der Waals surface area contributed by atoms with Crippen LogP contribution in [0.4, 0.5) is 0 Å². The molecule has 0 saturated carbocycles. The fraction of sp³-hybridized carbons (Fsp3) is 0.400. The summed E-state index contributed by atoms with van der Waals surface area (Å²) < 4.78 is 1.21. The minimum absolute atomic E-state index is 0.0815. The lowest BCUT2D eigenvalue weighted by atomic mass is 9.89. The molecule has 0 aliphatic carbocycles. The van der Waals surface area contributed by atoms with Crippen LogP contribution >= 0.6 is 0 Å². The predicted octanol–water partition coefficient (Wildman–Crippen LogP) is 1.96. The van der Waals surface area contributed by atoms with Crippen LogP contribution in [-0.4, -0.2) is 44.8 Å². The molecular weight excluding hydrogens is 346 g/mol. The Morgan fingerprint density at radius 1 is 1.26 bits per heavy atom. The van der Waals surface area contributed by atoms with E-state index in [1.54, 1.807) is 23.1 Å². The molecule has 1 saturated heterocycles. The van der Waals surface area contributed by atoms with Crippen LogP contribution in [0.1, 0.15) is 45.9 Å². The van der Waals surface area contributed by atoms with E-state index in [-0.39, 0.29) is 29.5 Å². The fourth-order valence-electron chi connectivity index (χ4n) is 3.42. The number of amides is 1. The van der Waals surface area contributed by atoms with E-state index in [9.17, 15) is 19.5 Å². The summed E-state index contributed by atoms with van der Waals surface area (Å²) in [5.74, 6) is -1.01. The van der Waals surface area contributed by atoms with Gasteiger partial charge in [0.05, 0.1) is 11.3 Å². The predicted molar refractivity (Wildman–Crippen MR) is 99.9 cm³/mol. The number of carboxylic acid groups (broad SMARTS) is 1. The SMILES string of the molecule is Cc1cc(=O)n(CC(=O)N2CCCC(c3cccc(C(=O)O)c3)C2)nc1C. The lowest BCUT2D eigenvalue weighted by molar-refractivity contribution is -0.133. The van der Waals surface area contributed by atoms with Crippen LogP contribution in [0.5, 0.6) is 0 Å². The maximum absolute atomic E-state index is 12.7. The molecule has 1 aromatic heterocycles. The minimum atomic E-state index is -0.958. The van der Waals surface area contributed by atoms with E-state index < -0.39 is 5.97 Å². The lowest BCUT2D eigenvalue weighted by Crippen LogP contribution is -2.42. The van der Waals surface area contributed by atoms with Gasteiger partial charge in [-0.1, -0.05) is 12.1 Å². The number of benzene rings is 1. The van der Waals surface area contributed by atoms with E-state index in [2.05, 4.69) is 5.10 Å². The smallest absolute Gasteiger partial charge is 0.335 e. The largest absolute Gasteiger partial charge is 0.478 e. The summed E-state index contributed by atoms with van der Waals surface area (Å²) in [6.07, 6.45) is 1.73. The Morgan fingerprint density at radius 3 is 2.78 bits per heavy atom. The summed E-state index contributed by atoms with van der Waals surface area (Å²) in [6, 6.07) is 8.37. The van der Waals surface area contributed by atoms with Gasteiger partial charge in [-0.25, -0.2) is 9.48 Å². The molecule has 1 amide bonds. The third-order valence-corrected chi connectivity index (χ3v) is 5.10. The van der Waals surface area contributed by atoms with Gasteiger partial charge in [-0.15, -0.1) is 0 Å². The quantitative estimate of drug-likeness (QED) is 0.889. The molecule has 3 rings (SSSR count). The van der Waals surface area contributed by atoms with Crippen molar-refractivity contribution in [1.29, 1.82) is 0 Å². The fourth-order valence-corrected chi connectivity index (χ4v) is 3.42. The van der Waals surface area contributed by atoms with Crippen molar-refractivity contribution >= 4 is 11.9 Å². The molecule has 0 radical (unpaired) electrons. The number of rotatable bonds is 4. The van der Waals surface area contributed by atoms with Crippen LogP contribution in [0.25, 0.3) is 0 Å². The number of hydrogen-bond donors (Lipinski definition) is 1. The topological polar surface area (TPSA) is 92.5 Å². The van der Waals surface area contributed by atoms with Gasteiger partial charge in [-0.05, 0) is 49.9 Å². The number of carbonyl (C=O) groups excluding carboxylic acids is 1. The average molecular weight is 369 g/mol. The highest BCUT2D eigenvalue weighted by Crippen LogP contribution is 2.27. The van der Waals surface area contributed by atoms with E-state index in [4.69, 9.17) is 0 Å². The van der Waals surface area contributed by atoms with E-state index in [0.29, 0.717) is 13.1 Å². The number of likely N-dealkylation sites (tertiary alicyclic amines) is 1. The van der Waals surface area contributed by atoms with Crippen molar-refractivity contribution in [1.82, 2.24) is 14.7 Å². The van der Waals surface area contributed by atoms with E-state index >= 15 is 0 Å². The molecule has 1 fully saturated rings. The molecular formula is C20H23N3O4. The van der Waals surface area contributed by atoms with Crippen LogP contribution in [-0.2, 0) is 11.3 Å². The summed E-state index contributed by atoms with van der Waals surface area (Å²) >= 11 is 0. The van der Waals surface area contributed by atoms with Crippen molar-refractivity contribution < 1.29 is 14.7 Å². The number of carbonyl (C=O) groups is 2. The molecule has 1 aromatic carbocycles. The van der Waals surface area contributed by atoms with Gasteiger partial charge in [-0.3, -0.25) is 9.59 Å². The van der Waals surface area contributed by atoms with Gasteiger partial charge >= 0.3 is 5.97 Å². The van der Waals surface area contributed by atoms with Gasteiger partial charge < -0.3 is 10.0 Å². The van der Waals surface area contributed by atoms with Crippen molar-refractivity contribution in [3.63, 3.8) is 0 Å². The Kier molecular flexibility index (Phi) is 5.39. The zero-order valence-corrected chi connectivity index (χ0v) is 15.5. The molecule has 2 heterocycles. The third-order valence-electron chi connectivity index (χ3n) is 5.10. The summed E-state index contributed by atoms with van der Waals surface area (Å²) in [5, 5.41) is 13.4. The first-order chi connectivity index (χ1) is 12.8. The van der Waals surface area contributed by atoms with Crippen molar-refractivity contribution in [3.8, 4) is 0 Å². The molecule has 1 unspecified atom stereocenters. The minimum Gasteiger partial charge on any atom is -0.478 e. The second-order valence-electron chi connectivity index (χ2n) is 7.02. The Labute approximate surface area is 157 Å². The molecule has 142 valence electrons. The summed E-state index contributed by atoms with van der Waals surface area (Å²) in [4.78, 5) is 37.7. The number of hydrogen-bond acceptors (Lipinski definition) is 4. The number of carboxylic acids is 1. The van der Waals surface area contributed by atoms with Gasteiger partial charge in [-0.2, -0.15) is 5.10 Å². The standard InChI is InChI=1S/C20H23N3O4/c1-13-9-18(24)23(21-14(13)2)12-19(25)22-8-4-7-17(11-22)15-5-3-6-16(10-15)20(26)27/h3,5-6,9-10,17H,4,7-8,11-12H2,1-2H3,(H,26,27). The monoisotopic (exact) mass is 369 g/mol. The Balaban J connectivity index is 1.73. The average Bonchev–Trinajstić information content (AvgIpc) is 2.66. The number of aromatic carboxylic acids is 1. The molecule has 7 heteroatoms. The van der Waals surface area contributed by atoms with Gasteiger partial charge in [0.1, 0.15) is 6.54 Å². The second-order valence-corrected chi connectivity index (χ2v) is 7.02. The first kappa shape index (κ1) is 18.8. The van der Waals surface area contributed by atoms with Gasteiger partial charge in [0.15, 0.2) is 0 Å². The maximum atomic E-state index is 12.7. The maximum Gasteiger partial charge on any atom is 0.335 e. The number of aryl methyl sites for hydroxylation is 2. The van der Waals surface area contributed by atoms with Gasteiger partial charge in [0, 0.05) is 25.1 Å².